The molecule has 3 aromatic carbocycles. The van der Waals surface area contributed by atoms with Crippen molar-refractivity contribution in [1.29, 1.82) is 0 Å². The van der Waals surface area contributed by atoms with Gasteiger partial charge in [-0.15, -0.1) is 0 Å². The molecule has 0 aliphatic heterocycles. The van der Waals surface area contributed by atoms with Gasteiger partial charge in [-0.25, -0.2) is 14.6 Å². The lowest BCUT2D eigenvalue weighted by molar-refractivity contribution is 0.0691. The summed E-state index contributed by atoms with van der Waals surface area (Å²) in [5.41, 5.74) is 2.37. The summed E-state index contributed by atoms with van der Waals surface area (Å²) in [6, 6.07) is 16.3. The summed E-state index contributed by atoms with van der Waals surface area (Å²) < 4.78 is 12.6. The Morgan fingerprint density at radius 1 is 1.11 bits per heavy atom. The van der Waals surface area contributed by atoms with Crippen molar-refractivity contribution in [1.82, 2.24) is 9.55 Å². The third kappa shape index (κ3) is 4.85. The van der Waals surface area contributed by atoms with Crippen molar-refractivity contribution in [3.05, 3.63) is 91.8 Å². The van der Waals surface area contributed by atoms with Crippen molar-refractivity contribution in [2.24, 2.45) is 0 Å². The van der Waals surface area contributed by atoms with Gasteiger partial charge in [-0.3, -0.25) is 0 Å². The Morgan fingerprint density at radius 2 is 1.81 bits per heavy atom. The molecule has 0 bridgehead atoms. The van der Waals surface area contributed by atoms with E-state index in [9.17, 15) is 14.7 Å². The molecular formula is C27H21Cl2N3O5. The van der Waals surface area contributed by atoms with Crippen molar-refractivity contribution in [3.63, 3.8) is 0 Å². The van der Waals surface area contributed by atoms with Gasteiger partial charge in [0.1, 0.15) is 16.9 Å². The normalized spacial score (nSPS) is 11.2. The van der Waals surface area contributed by atoms with Gasteiger partial charge in [-0.05, 0) is 60.9 Å². The third-order valence-corrected chi connectivity index (χ3v) is 6.59. The van der Waals surface area contributed by atoms with Gasteiger partial charge in [0, 0.05) is 33.7 Å². The van der Waals surface area contributed by atoms with Gasteiger partial charge in [0.15, 0.2) is 0 Å². The smallest absolute Gasteiger partial charge is 0.351 e. The molecule has 0 saturated carbocycles. The van der Waals surface area contributed by atoms with E-state index >= 15 is 0 Å². The average molecular weight is 538 g/mol. The van der Waals surface area contributed by atoms with Gasteiger partial charge in [0.05, 0.1) is 18.1 Å². The van der Waals surface area contributed by atoms with Crippen LogP contribution in [0.5, 0.6) is 5.75 Å². The first-order valence-electron chi connectivity index (χ1n) is 11.3. The van der Waals surface area contributed by atoms with E-state index in [4.69, 9.17) is 37.3 Å². The van der Waals surface area contributed by atoms with Gasteiger partial charge in [-0.2, -0.15) is 0 Å². The second kappa shape index (κ2) is 9.80. The molecule has 10 heteroatoms. The summed E-state index contributed by atoms with van der Waals surface area (Å²) in [5.74, 6) is -0.0383. The predicted molar refractivity (Wildman–Crippen MR) is 144 cm³/mol. The Kier molecular flexibility index (Phi) is 6.54. The number of aromatic nitrogens is 2. The van der Waals surface area contributed by atoms with Crippen LogP contribution in [0.4, 0.5) is 11.6 Å². The van der Waals surface area contributed by atoms with Crippen molar-refractivity contribution in [2.45, 2.75) is 19.9 Å². The first-order valence-corrected chi connectivity index (χ1v) is 12.1. The molecule has 37 heavy (non-hydrogen) atoms. The summed E-state index contributed by atoms with van der Waals surface area (Å²) in [6.07, 6.45) is 0.680. The molecule has 5 aromatic rings. The van der Waals surface area contributed by atoms with Crippen LogP contribution in [0.3, 0.4) is 0 Å². The molecule has 0 atom stereocenters. The SMILES string of the molecule is COc1ccc(CCn2c(Nc3cc(Cl)cc(Cl)c3)nc3cc4c(C)c(C(=O)O)c(=O)oc4cc32)cc1. The van der Waals surface area contributed by atoms with Crippen molar-refractivity contribution in [3.8, 4) is 5.75 Å². The summed E-state index contributed by atoms with van der Waals surface area (Å²) in [6.45, 7) is 2.13. The Morgan fingerprint density at radius 3 is 2.46 bits per heavy atom. The number of rotatable bonds is 7. The van der Waals surface area contributed by atoms with Crippen LogP contribution in [0.1, 0.15) is 21.5 Å². The fraction of sp³-hybridized carbons (Fsp3) is 0.148. The number of aryl methyl sites for hydroxylation is 3. The maximum absolute atomic E-state index is 12.4. The molecule has 0 amide bonds. The Hall–Kier alpha value is -4.01. The highest BCUT2D eigenvalue weighted by Gasteiger charge is 2.20. The van der Waals surface area contributed by atoms with Crippen molar-refractivity contribution in [2.75, 3.05) is 12.4 Å². The predicted octanol–water partition coefficient (Wildman–Crippen LogP) is 6.45. The number of aromatic carboxylic acids is 1. The average Bonchev–Trinajstić information content (AvgIpc) is 3.16. The summed E-state index contributed by atoms with van der Waals surface area (Å²) in [7, 11) is 1.62. The Labute approximate surface area is 221 Å². The number of carbonyl (C=O) groups is 1. The largest absolute Gasteiger partial charge is 0.497 e. The van der Waals surface area contributed by atoms with Crippen LogP contribution in [0, 0.1) is 6.92 Å². The number of imidazole rings is 1. The van der Waals surface area contributed by atoms with E-state index < -0.39 is 17.2 Å². The summed E-state index contributed by atoms with van der Waals surface area (Å²) in [4.78, 5) is 28.8. The molecule has 2 aromatic heterocycles. The Balaban J connectivity index is 1.64. The van der Waals surface area contributed by atoms with E-state index in [2.05, 4.69) is 5.32 Å². The zero-order chi connectivity index (χ0) is 26.3. The number of fused-ring (bicyclic) bond motifs is 2. The fourth-order valence-electron chi connectivity index (χ4n) is 4.33. The molecular weight excluding hydrogens is 517 g/mol. The van der Waals surface area contributed by atoms with Gasteiger partial charge < -0.3 is 24.1 Å². The zero-order valence-corrected chi connectivity index (χ0v) is 21.4. The van der Waals surface area contributed by atoms with Crippen LogP contribution >= 0.6 is 23.2 Å². The number of ether oxygens (including phenoxy) is 1. The molecule has 8 nitrogen and oxygen atoms in total. The summed E-state index contributed by atoms with van der Waals surface area (Å²) >= 11 is 12.4. The van der Waals surface area contributed by atoms with E-state index in [1.165, 1.54) is 0 Å². The number of carboxylic acid groups (broad SMARTS) is 1. The van der Waals surface area contributed by atoms with Gasteiger partial charge in [-0.1, -0.05) is 35.3 Å². The van der Waals surface area contributed by atoms with Crippen LogP contribution in [0.2, 0.25) is 10.0 Å². The molecule has 0 fully saturated rings. The summed E-state index contributed by atoms with van der Waals surface area (Å²) in [5, 5.41) is 14.2. The molecule has 0 radical (unpaired) electrons. The lowest BCUT2D eigenvalue weighted by atomic mass is 10.1. The molecule has 0 saturated heterocycles. The molecule has 0 spiro atoms. The number of benzene rings is 3. The molecule has 5 rings (SSSR count). The minimum Gasteiger partial charge on any atom is -0.497 e. The minimum absolute atomic E-state index is 0.281. The lowest BCUT2D eigenvalue weighted by Gasteiger charge is -2.12. The van der Waals surface area contributed by atoms with E-state index in [0.717, 1.165) is 11.3 Å². The molecule has 0 aliphatic rings. The highest BCUT2D eigenvalue weighted by molar-refractivity contribution is 6.35. The minimum atomic E-state index is -1.33. The molecule has 2 N–H and O–H groups in total. The maximum atomic E-state index is 12.4. The number of halogens is 2. The van der Waals surface area contributed by atoms with E-state index in [1.54, 1.807) is 44.4 Å². The van der Waals surface area contributed by atoms with Crippen molar-refractivity contribution >= 4 is 62.8 Å². The fourth-order valence-corrected chi connectivity index (χ4v) is 4.85. The third-order valence-electron chi connectivity index (χ3n) is 6.15. The Bertz CT molecular complexity index is 1700. The second-order valence-corrected chi connectivity index (χ2v) is 9.37. The van der Waals surface area contributed by atoms with Crippen LogP contribution in [-0.2, 0) is 13.0 Å². The number of carboxylic acids is 1. The van der Waals surface area contributed by atoms with Crippen LogP contribution in [0.15, 0.2) is 63.8 Å². The zero-order valence-electron chi connectivity index (χ0n) is 19.8. The van der Waals surface area contributed by atoms with E-state index in [-0.39, 0.29) is 5.58 Å². The van der Waals surface area contributed by atoms with E-state index in [0.29, 0.717) is 56.6 Å². The molecule has 0 aliphatic carbocycles. The molecule has 0 unspecified atom stereocenters. The maximum Gasteiger partial charge on any atom is 0.351 e. The quantitative estimate of drug-likeness (QED) is 0.229. The monoisotopic (exact) mass is 537 g/mol. The van der Waals surface area contributed by atoms with Crippen LogP contribution in [0.25, 0.3) is 22.0 Å². The number of methoxy groups -OCH3 is 1. The van der Waals surface area contributed by atoms with Crippen molar-refractivity contribution < 1.29 is 19.1 Å². The first-order chi connectivity index (χ1) is 17.7. The lowest BCUT2D eigenvalue weighted by Crippen LogP contribution is -2.15. The standard InChI is InChI=1S/C27H21Cl2N3O5/c1-14-20-12-21-22(13-23(20)37-26(35)24(14)25(33)34)32(8-7-15-3-5-19(36-2)6-4-15)27(31-21)30-18-10-16(28)9-17(29)11-18/h3-6,9-13H,7-8H2,1-2H3,(H,30,31)(H,33,34). The number of hydrogen-bond donors (Lipinski definition) is 2. The number of hydrogen-bond acceptors (Lipinski definition) is 6. The van der Waals surface area contributed by atoms with Crippen LogP contribution < -0.4 is 15.7 Å². The topological polar surface area (TPSA) is 107 Å². The number of nitrogens with zero attached hydrogens (tertiary/aromatic N) is 2. The highest BCUT2D eigenvalue weighted by atomic mass is 35.5. The first kappa shape index (κ1) is 24.7. The number of nitrogens with one attached hydrogen (secondary N) is 1. The van der Waals surface area contributed by atoms with Gasteiger partial charge >= 0.3 is 11.6 Å². The van der Waals surface area contributed by atoms with Gasteiger partial charge in [0.25, 0.3) is 0 Å². The highest BCUT2D eigenvalue weighted by Crippen LogP contribution is 2.31. The van der Waals surface area contributed by atoms with Crippen LogP contribution in [-0.4, -0.2) is 27.7 Å². The number of anilines is 2. The van der Waals surface area contributed by atoms with Gasteiger partial charge in [0.2, 0.25) is 5.95 Å². The second-order valence-electron chi connectivity index (χ2n) is 8.50. The molecule has 2 heterocycles. The molecule has 188 valence electrons. The van der Waals surface area contributed by atoms with E-state index in [1.807, 2.05) is 28.8 Å².